The quantitative estimate of drug-likeness (QED) is 0.200. The summed E-state index contributed by atoms with van der Waals surface area (Å²) in [5.41, 5.74) is -2.11. The molecule has 0 aromatic heterocycles. The van der Waals surface area contributed by atoms with Crippen molar-refractivity contribution >= 4 is 5.97 Å². The Morgan fingerprint density at radius 3 is 2.00 bits per heavy atom. The van der Waals surface area contributed by atoms with Crippen molar-refractivity contribution in [1.82, 2.24) is 0 Å². The van der Waals surface area contributed by atoms with E-state index in [-0.39, 0.29) is 67.2 Å². The molecule has 65 heavy (non-hydrogen) atoms. The minimum atomic E-state index is -2.09. The first-order valence-corrected chi connectivity index (χ1v) is 24.3. The van der Waals surface area contributed by atoms with Gasteiger partial charge in [0, 0.05) is 77.3 Å². The zero-order chi connectivity index (χ0) is 47.8. The van der Waals surface area contributed by atoms with Gasteiger partial charge in [-0.25, -0.2) is 0 Å². The van der Waals surface area contributed by atoms with Crippen LogP contribution in [-0.4, -0.2) is 169 Å². The van der Waals surface area contributed by atoms with Crippen LogP contribution in [0.15, 0.2) is 0 Å². The van der Waals surface area contributed by atoms with Crippen LogP contribution in [0, 0.1) is 35.5 Å². The zero-order valence-electron chi connectivity index (χ0n) is 41.3. The van der Waals surface area contributed by atoms with E-state index >= 15 is 0 Å². The summed E-state index contributed by atoms with van der Waals surface area (Å²) < 4.78 is 77.6. The van der Waals surface area contributed by atoms with Gasteiger partial charge < -0.3 is 77.3 Å². The first-order chi connectivity index (χ1) is 30.5. The summed E-state index contributed by atoms with van der Waals surface area (Å²) in [7, 11) is 6.40. The number of ether oxygens (including phenoxy) is 12. The van der Waals surface area contributed by atoms with Crippen molar-refractivity contribution in [2.24, 2.45) is 35.5 Å². The number of methoxy groups -OCH3 is 4. The Balaban J connectivity index is 1.04. The molecule has 0 saturated carbocycles. The second kappa shape index (κ2) is 19.2. The molecule has 0 radical (unpaired) electrons. The second-order valence-corrected chi connectivity index (χ2v) is 21.3. The summed E-state index contributed by atoms with van der Waals surface area (Å²) in [5.74, 6) is -9.33. The van der Waals surface area contributed by atoms with Crippen molar-refractivity contribution in [2.45, 2.75) is 235 Å². The maximum atomic E-state index is 12.3. The average Bonchev–Trinajstić information content (AvgIpc) is 4.00. The van der Waals surface area contributed by atoms with Crippen molar-refractivity contribution in [3.05, 3.63) is 0 Å². The van der Waals surface area contributed by atoms with Gasteiger partial charge in [0.1, 0.15) is 17.1 Å². The third-order valence-corrected chi connectivity index (χ3v) is 17.7. The minimum absolute atomic E-state index is 0.0198. The lowest BCUT2D eigenvalue weighted by Crippen LogP contribution is -2.70. The lowest BCUT2D eigenvalue weighted by Gasteiger charge is -2.56. The highest BCUT2D eigenvalue weighted by atomic mass is 16.7. The van der Waals surface area contributed by atoms with Crippen LogP contribution in [0.3, 0.4) is 0 Å². The van der Waals surface area contributed by atoms with Gasteiger partial charge in [-0.2, -0.15) is 0 Å². The largest absolute Gasteiger partial charge is 0.481 e. The van der Waals surface area contributed by atoms with Gasteiger partial charge in [0.15, 0.2) is 23.7 Å². The van der Waals surface area contributed by atoms with Crippen molar-refractivity contribution < 1.29 is 82.1 Å². The van der Waals surface area contributed by atoms with Crippen LogP contribution >= 0.6 is 0 Å². The molecule has 7 aliphatic rings. The third-order valence-electron chi connectivity index (χ3n) is 17.7. The summed E-state index contributed by atoms with van der Waals surface area (Å²) in [6.07, 6.45) is -1.18. The number of carbonyl (C=O) groups is 1. The smallest absolute Gasteiger partial charge is 0.311 e. The first-order valence-electron chi connectivity index (χ1n) is 24.3. The molecular formula is C48H82O17. The van der Waals surface area contributed by atoms with Crippen molar-refractivity contribution in [2.75, 3.05) is 28.4 Å². The highest BCUT2D eigenvalue weighted by molar-refractivity contribution is 5.70. The van der Waals surface area contributed by atoms with Gasteiger partial charge in [0.05, 0.1) is 79.4 Å². The Bertz CT molecular complexity index is 1640. The van der Waals surface area contributed by atoms with Crippen molar-refractivity contribution in [3.63, 3.8) is 0 Å². The molecule has 0 aromatic carbocycles. The van der Waals surface area contributed by atoms with Gasteiger partial charge in [0.25, 0.3) is 0 Å². The fraction of sp³-hybridized carbons (Fsp3) is 0.979. The third kappa shape index (κ3) is 8.89. The van der Waals surface area contributed by atoms with Crippen LogP contribution in [0.25, 0.3) is 0 Å². The maximum absolute atomic E-state index is 12.3. The SMILES string of the molecule is CO[C@H]1CC[C@H](O[C@H]2[C@H](C)[C@@H]([C@H]3CC[C@H]([C@@H]4CC[C@H]([C@@]5(C)OC6(O[C@H](C[C@@H]7O[C@](O)([C@@H](C)C(=O)O)[C@@H](C)[C@H](OC)[C@@]7(C)OC)C[C@@H](O)[C@H]6C)[C@H](C)[C@H]5OC)O4)O3)O[C@](C)(O)[C@@H]2C)O[C@@H]1C. The Labute approximate surface area is 386 Å². The van der Waals surface area contributed by atoms with Gasteiger partial charge in [0.2, 0.25) is 0 Å². The molecule has 0 amide bonds. The number of hydrogen-bond acceptors (Lipinski definition) is 16. The van der Waals surface area contributed by atoms with E-state index in [1.807, 2.05) is 41.5 Å². The van der Waals surface area contributed by atoms with Crippen molar-refractivity contribution in [1.29, 1.82) is 0 Å². The topological polar surface area (TPSA) is 209 Å². The average molecular weight is 931 g/mol. The number of hydrogen-bond donors (Lipinski definition) is 4. The van der Waals surface area contributed by atoms with Gasteiger partial charge in [-0.1, -0.05) is 34.6 Å². The van der Waals surface area contributed by atoms with E-state index in [2.05, 4.69) is 6.92 Å². The van der Waals surface area contributed by atoms with Crippen LogP contribution in [0.5, 0.6) is 0 Å². The highest BCUT2D eigenvalue weighted by Gasteiger charge is 2.69. The first kappa shape index (κ1) is 51.7. The van der Waals surface area contributed by atoms with E-state index in [1.54, 1.807) is 28.1 Å². The van der Waals surface area contributed by atoms with Gasteiger partial charge in [-0.15, -0.1) is 0 Å². The van der Waals surface area contributed by atoms with Gasteiger partial charge in [-0.05, 0) is 66.7 Å². The van der Waals surface area contributed by atoms with Crippen LogP contribution in [-0.2, 0) is 61.6 Å². The van der Waals surface area contributed by atoms with E-state index in [0.717, 1.165) is 25.7 Å². The van der Waals surface area contributed by atoms with Gasteiger partial charge >= 0.3 is 5.97 Å². The Kier molecular flexibility index (Phi) is 15.3. The predicted molar refractivity (Wildman–Crippen MR) is 232 cm³/mol. The maximum Gasteiger partial charge on any atom is 0.311 e. The number of aliphatic hydroxyl groups is 3. The lowest BCUT2D eigenvalue weighted by molar-refractivity contribution is -0.384. The number of rotatable bonds is 13. The highest BCUT2D eigenvalue weighted by Crippen LogP contribution is 2.57. The molecular weight excluding hydrogens is 849 g/mol. The monoisotopic (exact) mass is 931 g/mol. The van der Waals surface area contributed by atoms with Gasteiger partial charge in [-0.3, -0.25) is 4.79 Å². The molecule has 7 saturated heterocycles. The fourth-order valence-corrected chi connectivity index (χ4v) is 13.2. The van der Waals surface area contributed by atoms with Crippen LogP contribution < -0.4 is 0 Å². The summed E-state index contributed by atoms with van der Waals surface area (Å²) >= 11 is 0. The summed E-state index contributed by atoms with van der Waals surface area (Å²) in [4.78, 5) is 12.3. The summed E-state index contributed by atoms with van der Waals surface area (Å²) in [6, 6.07) is 0. The number of aliphatic carboxylic acids is 1. The minimum Gasteiger partial charge on any atom is -0.481 e. The van der Waals surface area contributed by atoms with E-state index < -0.39 is 101 Å². The number of aliphatic hydroxyl groups excluding tert-OH is 1. The molecule has 17 heteroatoms. The molecule has 376 valence electrons. The molecule has 1 unspecified atom stereocenters. The second-order valence-electron chi connectivity index (χ2n) is 21.3. The Hall–Kier alpha value is -1.13. The van der Waals surface area contributed by atoms with E-state index in [4.69, 9.17) is 56.8 Å². The molecule has 4 N–H and O–H groups in total. The normalized spacial score (nSPS) is 54.6. The summed E-state index contributed by atoms with van der Waals surface area (Å²) in [5, 5.41) is 45.3. The molecule has 7 heterocycles. The molecule has 17 nitrogen and oxygen atoms in total. The number of carboxylic acids is 1. The lowest BCUT2D eigenvalue weighted by atomic mass is 9.71. The molecule has 7 fully saturated rings. The van der Waals surface area contributed by atoms with E-state index in [1.165, 1.54) is 21.1 Å². The molecule has 0 aromatic rings. The standard InChI is InChI=1S/C48H82O17/c1-23-39(61-38-20-18-32(54-11)29(7)58-38)25(3)46(10,52)64-40(23)35-16-15-33(59-35)34-17-19-36(60-34)45(9)42(56-13)27(5)48(65-45)24(2)31(49)21-30(62-48)22-37-44(8,57-14)41(55-12)26(4)47(53,63-37)28(6)43(50)51/h23-42,49,52-53H,15-22H2,1-14H3,(H,50,51)/t23-,24+,25+,26-,27+,28-,29+,30-,31+,32-,33+,34-,35+,36+,37-,38-,39-,40-,41-,42+,44-,45+,46-,47-,48?/m0/s1. The van der Waals surface area contributed by atoms with Crippen LogP contribution in [0.1, 0.15) is 121 Å². The summed E-state index contributed by atoms with van der Waals surface area (Å²) in [6.45, 7) is 18.6. The van der Waals surface area contributed by atoms with Crippen LogP contribution in [0.4, 0.5) is 0 Å². The molecule has 0 bridgehead atoms. The molecule has 1 spiro atoms. The van der Waals surface area contributed by atoms with Crippen molar-refractivity contribution in [3.8, 4) is 0 Å². The number of carboxylic acid groups (broad SMARTS) is 1. The molecule has 25 atom stereocenters. The molecule has 7 rings (SSSR count). The van der Waals surface area contributed by atoms with Crippen LogP contribution in [0.2, 0.25) is 0 Å². The Morgan fingerprint density at radius 2 is 1.38 bits per heavy atom. The molecule has 7 aliphatic heterocycles. The van der Waals surface area contributed by atoms with E-state index in [0.29, 0.717) is 12.8 Å². The molecule has 0 aliphatic carbocycles. The zero-order valence-corrected chi connectivity index (χ0v) is 41.3. The Morgan fingerprint density at radius 1 is 0.738 bits per heavy atom. The van der Waals surface area contributed by atoms with E-state index in [9.17, 15) is 25.2 Å². The fourth-order valence-electron chi connectivity index (χ4n) is 13.2. The predicted octanol–water partition coefficient (Wildman–Crippen LogP) is 4.56.